The summed E-state index contributed by atoms with van der Waals surface area (Å²) < 4.78 is 11.6. The Morgan fingerprint density at radius 2 is 2.15 bits per heavy atom. The molecule has 1 aromatic rings. The molecule has 1 fully saturated rings. The van der Waals surface area contributed by atoms with Crippen LogP contribution in [0.2, 0.25) is 0 Å². The number of hydrogen-bond donors (Lipinski definition) is 1. The Balaban J connectivity index is 1.80. The first-order chi connectivity index (χ1) is 9.67. The Hall–Kier alpha value is -0.840. The Bertz CT molecular complexity index is 384. The van der Waals surface area contributed by atoms with Crippen LogP contribution in [0.3, 0.4) is 0 Å². The van der Waals surface area contributed by atoms with Crippen LogP contribution in [0.1, 0.15) is 45.1 Å². The van der Waals surface area contributed by atoms with Crippen molar-refractivity contribution in [3.63, 3.8) is 0 Å². The second kappa shape index (κ2) is 7.81. The van der Waals surface area contributed by atoms with Gasteiger partial charge in [0.15, 0.2) is 0 Å². The number of ether oxygens (including phenoxy) is 1. The molecule has 0 aromatic carbocycles. The summed E-state index contributed by atoms with van der Waals surface area (Å²) in [6.07, 6.45) is 2.80. The van der Waals surface area contributed by atoms with Gasteiger partial charge in [0.1, 0.15) is 11.5 Å². The van der Waals surface area contributed by atoms with E-state index in [2.05, 4.69) is 43.1 Å². The molecule has 0 aliphatic carbocycles. The van der Waals surface area contributed by atoms with Gasteiger partial charge in [0.05, 0.1) is 19.2 Å². The van der Waals surface area contributed by atoms with Gasteiger partial charge in [0, 0.05) is 19.2 Å². The van der Waals surface area contributed by atoms with E-state index in [0.717, 1.165) is 44.3 Å². The first-order valence-electron chi connectivity index (χ1n) is 7.82. The Kier molecular flexibility index (Phi) is 6.07. The topological polar surface area (TPSA) is 37.6 Å². The maximum Gasteiger partial charge on any atom is 0.118 e. The third kappa shape index (κ3) is 4.93. The summed E-state index contributed by atoms with van der Waals surface area (Å²) in [5.41, 5.74) is 0. The predicted octanol–water partition coefficient (Wildman–Crippen LogP) is 2.78. The minimum Gasteiger partial charge on any atom is -0.463 e. The lowest BCUT2D eigenvalue weighted by molar-refractivity contribution is 0.0701. The highest BCUT2D eigenvalue weighted by atomic mass is 16.5. The molecular formula is C16H28N2O2. The number of likely N-dealkylation sites (N-methyl/N-ethyl adjacent to an activating group) is 1. The summed E-state index contributed by atoms with van der Waals surface area (Å²) >= 11 is 0. The van der Waals surface area contributed by atoms with Gasteiger partial charge >= 0.3 is 0 Å². The van der Waals surface area contributed by atoms with Crippen LogP contribution in [0.25, 0.3) is 0 Å². The van der Waals surface area contributed by atoms with Crippen LogP contribution in [0.4, 0.5) is 0 Å². The van der Waals surface area contributed by atoms with Gasteiger partial charge in [-0.15, -0.1) is 0 Å². The summed E-state index contributed by atoms with van der Waals surface area (Å²) in [6.45, 7) is 11.1. The Labute approximate surface area is 122 Å². The van der Waals surface area contributed by atoms with Crippen molar-refractivity contribution >= 4 is 0 Å². The van der Waals surface area contributed by atoms with Crippen LogP contribution in [-0.2, 0) is 17.8 Å². The molecule has 20 heavy (non-hydrogen) atoms. The summed E-state index contributed by atoms with van der Waals surface area (Å²) in [7, 11) is 0. The normalized spacial score (nSPS) is 19.4. The third-order valence-electron chi connectivity index (χ3n) is 3.71. The molecule has 1 aliphatic heterocycles. The van der Waals surface area contributed by atoms with Crippen LogP contribution < -0.4 is 5.32 Å². The first-order valence-corrected chi connectivity index (χ1v) is 7.82. The lowest BCUT2D eigenvalue weighted by Gasteiger charge is -2.22. The minimum atomic E-state index is 0.409. The SMILES string of the molecule is CCN(Cc1ccc(CNC(C)C)o1)CC1CCCO1. The first kappa shape index (κ1) is 15.5. The van der Waals surface area contributed by atoms with Crippen molar-refractivity contribution in [1.82, 2.24) is 10.2 Å². The number of rotatable bonds is 8. The Morgan fingerprint density at radius 3 is 2.80 bits per heavy atom. The molecule has 1 atom stereocenters. The van der Waals surface area contributed by atoms with Gasteiger partial charge in [-0.3, -0.25) is 4.90 Å². The number of nitrogens with zero attached hydrogens (tertiary/aromatic N) is 1. The average Bonchev–Trinajstić information content (AvgIpc) is 3.07. The second-order valence-corrected chi connectivity index (χ2v) is 5.87. The van der Waals surface area contributed by atoms with Crippen molar-refractivity contribution < 1.29 is 9.15 Å². The zero-order chi connectivity index (χ0) is 14.4. The van der Waals surface area contributed by atoms with Gasteiger partial charge in [-0.25, -0.2) is 0 Å². The summed E-state index contributed by atoms with van der Waals surface area (Å²) in [5, 5.41) is 3.37. The second-order valence-electron chi connectivity index (χ2n) is 5.87. The van der Waals surface area contributed by atoms with E-state index < -0.39 is 0 Å². The summed E-state index contributed by atoms with van der Waals surface area (Å²) in [6, 6.07) is 4.65. The average molecular weight is 280 g/mol. The van der Waals surface area contributed by atoms with Crippen molar-refractivity contribution in [2.24, 2.45) is 0 Å². The maximum atomic E-state index is 5.89. The molecule has 1 saturated heterocycles. The predicted molar refractivity (Wildman–Crippen MR) is 80.6 cm³/mol. The fourth-order valence-corrected chi connectivity index (χ4v) is 2.51. The van der Waals surface area contributed by atoms with Gasteiger partial charge in [0.2, 0.25) is 0 Å². The van der Waals surface area contributed by atoms with Crippen LogP contribution in [0, 0.1) is 0 Å². The molecule has 0 saturated carbocycles. The number of nitrogens with one attached hydrogen (secondary N) is 1. The molecule has 4 nitrogen and oxygen atoms in total. The van der Waals surface area contributed by atoms with Crippen molar-refractivity contribution in [3.8, 4) is 0 Å². The Morgan fingerprint density at radius 1 is 1.35 bits per heavy atom. The molecule has 114 valence electrons. The standard InChI is InChI=1S/C16H28N2O2/c1-4-18(11-15-6-5-9-19-15)12-16-8-7-14(20-16)10-17-13(2)3/h7-8,13,15,17H,4-6,9-12H2,1-3H3. The molecule has 0 radical (unpaired) electrons. The van der Waals surface area contributed by atoms with Crippen molar-refractivity contribution in [1.29, 1.82) is 0 Å². The fourth-order valence-electron chi connectivity index (χ4n) is 2.51. The molecule has 1 aromatic heterocycles. The zero-order valence-corrected chi connectivity index (χ0v) is 13.0. The maximum absolute atomic E-state index is 5.89. The third-order valence-corrected chi connectivity index (χ3v) is 3.71. The smallest absolute Gasteiger partial charge is 0.118 e. The van der Waals surface area contributed by atoms with Gasteiger partial charge in [-0.05, 0) is 31.5 Å². The highest BCUT2D eigenvalue weighted by Gasteiger charge is 2.19. The highest BCUT2D eigenvalue weighted by molar-refractivity contribution is 5.07. The van der Waals surface area contributed by atoms with Gasteiger partial charge < -0.3 is 14.5 Å². The van der Waals surface area contributed by atoms with Gasteiger partial charge in [-0.2, -0.15) is 0 Å². The summed E-state index contributed by atoms with van der Waals surface area (Å²) in [5.74, 6) is 2.06. The van der Waals surface area contributed by atoms with E-state index in [-0.39, 0.29) is 0 Å². The molecule has 1 N–H and O–H groups in total. The van der Waals surface area contributed by atoms with Crippen molar-refractivity contribution in [3.05, 3.63) is 23.7 Å². The zero-order valence-electron chi connectivity index (χ0n) is 13.0. The van der Waals surface area contributed by atoms with Crippen LogP contribution >= 0.6 is 0 Å². The molecule has 2 heterocycles. The van der Waals surface area contributed by atoms with Crippen LogP contribution in [-0.4, -0.2) is 36.7 Å². The molecule has 0 amide bonds. The lowest BCUT2D eigenvalue weighted by atomic mass is 10.2. The van der Waals surface area contributed by atoms with Crippen molar-refractivity contribution in [2.45, 2.75) is 58.8 Å². The molecular weight excluding hydrogens is 252 g/mol. The number of furan rings is 1. The molecule has 0 bridgehead atoms. The van der Waals surface area contributed by atoms with Crippen LogP contribution in [0.5, 0.6) is 0 Å². The highest BCUT2D eigenvalue weighted by Crippen LogP contribution is 2.16. The van der Waals surface area contributed by atoms with Crippen LogP contribution in [0.15, 0.2) is 16.5 Å². The van der Waals surface area contributed by atoms with Crippen molar-refractivity contribution in [2.75, 3.05) is 19.7 Å². The monoisotopic (exact) mass is 280 g/mol. The molecule has 4 heteroatoms. The van der Waals surface area contributed by atoms with E-state index >= 15 is 0 Å². The summed E-state index contributed by atoms with van der Waals surface area (Å²) in [4.78, 5) is 2.40. The number of hydrogen-bond acceptors (Lipinski definition) is 4. The fraction of sp³-hybridized carbons (Fsp3) is 0.750. The van der Waals surface area contributed by atoms with E-state index in [1.165, 1.54) is 12.8 Å². The van der Waals surface area contributed by atoms with E-state index in [1.807, 2.05) is 0 Å². The van der Waals surface area contributed by atoms with E-state index in [1.54, 1.807) is 0 Å². The lowest BCUT2D eigenvalue weighted by Crippen LogP contribution is -2.31. The molecule has 1 unspecified atom stereocenters. The molecule has 0 spiro atoms. The molecule has 1 aliphatic rings. The largest absolute Gasteiger partial charge is 0.463 e. The van der Waals surface area contributed by atoms with E-state index in [0.29, 0.717) is 12.1 Å². The molecule has 2 rings (SSSR count). The quantitative estimate of drug-likeness (QED) is 0.794. The minimum absolute atomic E-state index is 0.409. The van der Waals surface area contributed by atoms with Gasteiger partial charge in [0.25, 0.3) is 0 Å². The van der Waals surface area contributed by atoms with E-state index in [4.69, 9.17) is 9.15 Å². The van der Waals surface area contributed by atoms with Gasteiger partial charge in [-0.1, -0.05) is 20.8 Å². The van der Waals surface area contributed by atoms with E-state index in [9.17, 15) is 0 Å².